The molecule has 0 fully saturated rings. The van der Waals surface area contributed by atoms with Gasteiger partial charge in [0, 0.05) is 11.9 Å². The highest BCUT2D eigenvalue weighted by Gasteiger charge is 2.27. The van der Waals surface area contributed by atoms with E-state index in [1.54, 1.807) is 0 Å². The number of nitrogens with zero attached hydrogens (tertiary/aromatic N) is 1. The van der Waals surface area contributed by atoms with Gasteiger partial charge in [-0.1, -0.05) is 24.6 Å². The fourth-order valence-corrected chi connectivity index (χ4v) is 3.95. The Bertz CT molecular complexity index is 1090. The van der Waals surface area contributed by atoms with Crippen LogP contribution in [0, 0.1) is 0 Å². The Morgan fingerprint density at radius 1 is 1.18 bits per heavy atom. The molecule has 3 heterocycles. The Morgan fingerprint density at radius 2 is 2.00 bits per heavy atom. The molecule has 144 valence electrons. The second kappa shape index (κ2) is 6.63. The molecule has 3 aromatic rings. The molecule has 1 aromatic heterocycles. The number of rotatable bonds is 4. The number of benzene rings is 2. The molecule has 2 aliphatic rings. The smallest absolute Gasteiger partial charge is 0.268 e. The highest BCUT2D eigenvalue weighted by atomic mass is 35.5. The van der Waals surface area contributed by atoms with Crippen molar-refractivity contribution in [1.82, 2.24) is 9.88 Å². The van der Waals surface area contributed by atoms with E-state index in [-0.39, 0.29) is 18.8 Å². The highest BCUT2D eigenvalue weighted by Crippen LogP contribution is 2.38. The number of hydrogen-bond acceptors (Lipinski definition) is 4. The first-order chi connectivity index (χ1) is 13.6. The van der Waals surface area contributed by atoms with Crippen LogP contribution in [0.4, 0.5) is 0 Å². The normalized spacial score (nSPS) is 16.9. The van der Waals surface area contributed by atoms with E-state index in [9.17, 15) is 4.79 Å². The summed E-state index contributed by atoms with van der Waals surface area (Å²) in [6.07, 6.45) is 0.893. The predicted octanol–water partition coefficient (Wildman–Crippen LogP) is 4.12. The lowest BCUT2D eigenvalue weighted by Gasteiger charge is -2.26. The van der Waals surface area contributed by atoms with Crippen LogP contribution in [0.3, 0.4) is 0 Å². The van der Waals surface area contributed by atoms with Gasteiger partial charge < -0.3 is 24.1 Å². The van der Waals surface area contributed by atoms with Crippen LogP contribution in [-0.2, 0) is 13.1 Å². The quantitative estimate of drug-likeness (QED) is 0.718. The number of halogens is 1. The van der Waals surface area contributed by atoms with Gasteiger partial charge >= 0.3 is 0 Å². The van der Waals surface area contributed by atoms with Gasteiger partial charge in [0.15, 0.2) is 11.5 Å². The minimum atomic E-state index is -0.146. The van der Waals surface area contributed by atoms with Crippen molar-refractivity contribution >= 4 is 28.4 Å². The van der Waals surface area contributed by atoms with E-state index in [0.717, 1.165) is 34.4 Å². The third-order valence-corrected chi connectivity index (χ3v) is 5.56. The maximum atomic E-state index is 13.0. The van der Waals surface area contributed by atoms with E-state index in [0.29, 0.717) is 29.6 Å². The first-order valence-electron chi connectivity index (χ1n) is 9.29. The van der Waals surface area contributed by atoms with Crippen LogP contribution < -0.4 is 19.5 Å². The molecule has 0 saturated carbocycles. The lowest BCUT2D eigenvalue weighted by Crippen LogP contribution is -2.31. The molecule has 0 spiro atoms. The minimum Gasteiger partial charge on any atom is -0.486 e. The Morgan fingerprint density at radius 3 is 2.86 bits per heavy atom. The van der Waals surface area contributed by atoms with Crippen LogP contribution >= 0.6 is 11.6 Å². The molecule has 0 aliphatic carbocycles. The number of fused-ring (bicyclic) bond motifs is 1. The van der Waals surface area contributed by atoms with E-state index in [1.165, 1.54) is 0 Å². The Hall–Kier alpha value is -2.86. The van der Waals surface area contributed by atoms with Crippen LogP contribution in [0.1, 0.15) is 29.4 Å². The summed E-state index contributed by atoms with van der Waals surface area (Å²) in [7, 11) is 0. The molecule has 0 bridgehead atoms. The second-order valence-corrected chi connectivity index (χ2v) is 7.37. The molecule has 7 heteroatoms. The van der Waals surface area contributed by atoms with Gasteiger partial charge in [0.2, 0.25) is 6.79 Å². The van der Waals surface area contributed by atoms with Gasteiger partial charge in [0.25, 0.3) is 5.91 Å². The van der Waals surface area contributed by atoms with Crippen LogP contribution in [0.15, 0.2) is 36.4 Å². The molecule has 6 nitrogen and oxygen atoms in total. The van der Waals surface area contributed by atoms with E-state index in [4.69, 9.17) is 25.8 Å². The standard InChI is InChI=1S/C21H19ClN2O4/c1-2-13-10-24-16(8-14-15(22)4-6-18(28-13)20(14)24)21(25)23-9-12-3-5-17-19(7-12)27-11-26-17/h3-8,13H,2,9-11H2,1H3,(H,23,25). The fourth-order valence-electron chi connectivity index (χ4n) is 3.74. The van der Waals surface area contributed by atoms with Crippen molar-refractivity contribution in [1.29, 1.82) is 0 Å². The molecule has 1 atom stereocenters. The minimum absolute atomic E-state index is 0.0321. The van der Waals surface area contributed by atoms with E-state index < -0.39 is 0 Å². The lowest BCUT2D eigenvalue weighted by molar-refractivity contribution is 0.0935. The molecule has 0 radical (unpaired) electrons. The Balaban J connectivity index is 1.44. The summed E-state index contributed by atoms with van der Waals surface area (Å²) in [5.41, 5.74) is 2.41. The predicted molar refractivity (Wildman–Crippen MR) is 105 cm³/mol. The maximum absolute atomic E-state index is 13.0. The molecule has 1 unspecified atom stereocenters. The zero-order valence-electron chi connectivity index (χ0n) is 15.3. The van der Waals surface area contributed by atoms with E-state index in [2.05, 4.69) is 12.2 Å². The SMILES string of the molecule is CCC1Cn2c(C(=O)NCc3ccc4c(c3)OCO4)cc3c(Cl)ccc(c32)O1. The lowest BCUT2D eigenvalue weighted by atomic mass is 10.2. The van der Waals surface area contributed by atoms with Crippen molar-refractivity contribution < 1.29 is 19.0 Å². The van der Waals surface area contributed by atoms with Crippen molar-refractivity contribution in [2.75, 3.05) is 6.79 Å². The zero-order valence-corrected chi connectivity index (χ0v) is 16.1. The largest absolute Gasteiger partial charge is 0.486 e. The number of nitrogens with one attached hydrogen (secondary N) is 1. The Kier molecular flexibility index (Phi) is 4.09. The topological polar surface area (TPSA) is 61.7 Å². The molecule has 28 heavy (non-hydrogen) atoms. The van der Waals surface area contributed by atoms with Crippen molar-refractivity contribution in [3.8, 4) is 17.2 Å². The fraction of sp³-hybridized carbons (Fsp3) is 0.286. The molecule has 1 amide bonds. The molecule has 2 aromatic carbocycles. The van der Waals surface area contributed by atoms with Crippen LogP contribution in [0.25, 0.3) is 10.9 Å². The number of hydrogen-bond donors (Lipinski definition) is 1. The average molecular weight is 399 g/mol. The van der Waals surface area contributed by atoms with Gasteiger partial charge in [0.05, 0.1) is 17.1 Å². The number of amides is 1. The summed E-state index contributed by atoms with van der Waals surface area (Å²) >= 11 is 6.37. The van der Waals surface area contributed by atoms with Crippen LogP contribution in [0.5, 0.6) is 17.2 Å². The van der Waals surface area contributed by atoms with Crippen LogP contribution in [0.2, 0.25) is 5.02 Å². The number of carbonyl (C=O) groups is 1. The third kappa shape index (κ3) is 2.76. The van der Waals surface area contributed by atoms with E-state index >= 15 is 0 Å². The first kappa shape index (κ1) is 17.3. The maximum Gasteiger partial charge on any atom is 0.268 e. The van der Waals surface area contributed by atoms with Crippen molar-refractivity contribution in [3.05, 3.63) is 52.7 Å². The summed E-state index contributed by atoms with van der Waals surface area (Å²) in [5, 5.41) is 4.44. The highest BCUT2D eigenvalue weighted by molar-refractivity contribution is 6.36. The first-order valence-corrected chi connectivity index (χ1v) is 9.67. The summed E-state index contributed by atoms with van der Waals surface area (Å²) in [6.45, 7) is 3.33. The number of aromatic nitrogens is 1. The number of carbonyl (C=O) groups excluding carboxylic acids is 1. The summed E-state index contributed by atoms with van der Waals surface area (Å²) < 4.78 is 18.8. The molecule has 2 aliphatic heterocycles. The zero-order chi connectivity index (χ0) is 19.3. The molecular formula is C21H19ClN2O4. The molecule has 1 N–H and O–H groups in total. The van der Waals surface area contributed by atoms with E-state index in [1.807, 2.05) is 41.0 Å². The van der Waals surface area contributed by atoms with Gasteiger partial charge in [-0.25, -0.2) is 0 Å². The molecule has 0 saturated heterocycles. The van der Waals surface area contributed by atoms with Gasteiger partial charge in [-0.3, -0.25) is 4.79 Å². The number of ether oxygens (including phenoxy) is 3. The van der Waals surface area contributed by atoms with Crippen LogP contribution in [-0.4, -0.2) is 23.4 Å². The van der Waals surface area contributed by atoms with Gasteiger partial charge in [-0.05, 0) is 42.3 Å². The van der Waals surface area contributed by atoms with Gasteiger partial charge in [0.1, 0.15) is 17.5 Å². The molecular weight excluding hydrogens is 380 g/mol. The average Bonchev–Trinajstić information content (AvgIpc) is 3.34. The van der Waals surface area contributed by atoms with Crippen molar-refractivity contribution in [2.45, 2.75) is 32.5 Å². The summed E-state index contributed by atoms with van der Waals surface area (Å²) in [4.78, 5) is 13.0. The van der Waals surface area contributed by atoms with Gasteiger partial charge in [-0.15, -0.1) is 0 Å². The van der Waals surface area contributed by atoms with Crippen molar-refractivity contribution in [2.24, 2.45) is 0 Å². The van der Waals surface area contributed by atoms with Crippen molar-refractivity contribution in [3.63, 3.8) is 0 Å². The van der Waals surface area contributed by atoms with Gasteiger partial charge in [-0.2, -0.15) is 0 Å². The monoisotopic (exact) mass is 398 g/mol. The summed E-state index contributed by atoms with van der Waals surface area (Å²) in [6, 6.07) is 11.2. The summed E-state index contributed by atoms with van der Waals surface area (Å²) in [5.74, 6) is 2.06. The Labute approximate surface area is 166 Å². The second-order valence-electron chi connectivity index (χ2n) is 6.97. The molecule has 5 rings (SSSR count). The third-order valence-electron chi connectivity index (χ3n) is 5.23.